The quantitative estimate of drug-likeness (QED) is 0.564. The van der Waals surface area contributed by atoms with E-state index in [-0.39, 0.29) is 24.6 Å². The largest absolute Gasteiger partial charge is 0.493 e. The van der Waals surface area contributed by atoms with Gasteiger partial charge in [-0.25, -0.2) is 0 Å². The molecular weight excluding hydrogens is 308 g/mol. The van der Waals surface area contributed by atoms with E-state index in [1.54, 1.807) is 21.1 Å². The number of rotatable bonds is 7. The van der Waals surface area contributed by atoms with E-state index in [4.69, 9.17) is 14.2 Å². The Balaban J connectivity index is 1.96. The number of benzene rings is 1. The first kappa shape index (κ1) is 16.8. The van der Waals surface area contributed by atoms with Gasteiger partial charge in [-0.2, -0.15) is 0 Å². The molecule has 0 aliphatic heterocycles. The van der Waals surface area contributed by atoms with Gasteiger partial charge in [0.25, 0.3) is 0 Å². The summed E-state index contributed by atoms with van der Waals surface area (Å²) >= 11 is 0. The van der Waals surface area contributed by atoms with Crippen molar-refractivity contribution in [3.8, 4) is 11.5 Å². The van der Waals surface area contributed by atoms with E-state index >= 15 is 0 Å². The van der Waals surface area contributed by atoms with Crippen molar-refractivity contribution < 1.29 is 23.8 Å². The van der Waals surface area contributed by atoms with Crippen LogP contribution in [-0.4, -0.2) is 32.6 Å². The molecule has 1 fully saturated rings. The minimum Gasteiger partial charge on any atom is -0.493 e. The van der Waals surface area contributed by atoms with E-state index in [9.17, 15) is 9.59 Å². The molecule has 0 N–H and O–H groups in total. The van der Waals surface area contributed by atoms with E-state index in [1.165, 1.54) is 12.0 Å². The Morgan fingerprint density at radius 2 is 1.88 bits per heavy atom. The van der Waals surface area contributed by atoms with Gasteiger partial charge < -0.3 is 14.2 Å². The lowest BCUT2D eigenvalue weighted by atomic mass is 9.85. The van der Waals surface area contributed by atoms with Crippen molar-refractivity contribution in [2.24, 2.45) is 0 Å². The summed E-state index contributed by atoms with van der Waals surface area (Å²) in [5.74, 6) is 1.63. The molecule has 130 valence electrons. The van der Waals surface area contributed by atoms with E-state index in [0.29, 0.717) is 35.5 Å². The Bertz CT molecular complexity index is 664. The van der Waals surface area contributed by atoms with Crippen LogP contribution < -0.4 is 9.47 Å². The maximum atomic E-state index is 12.9. The van der Waals surface area contributed by atoms with Crippen molar-refractivity contribution in [1.29, 1.82) is 0 Å². The summed E-state index contributed by atoms with van der Waals surface area (Å²) in [6.45, 7) is 2.09. The molecule has 0 amide bonds. The minimum atomic E-state index is -0.342. The standard InChI is InChI=1S/C19H24O5/c1-4-24-16(21)8-7-14(20)18-17-12-6-5-11(9-12)13(17)10-15(22-2)19(18)23-3/h10-12H,4-9H2,1-3H3. The highest BCUT2D eigenvalue weighted by atomic mass is 16.5. The number of ketones is 1. The monoisotopic (exact) mass is 332 g/mol. The Morgan fingerprint density at radius 3 is 2.54 bits per heavy atom. The van der Waals surface area contributed by atoms with Crippen LogP contribution in [0.15, 0.2) is 6.07 Å². The van der Waals surface area contributed by atoms with Gasteiger partial charge in [0.15, 0.2) is 17.3 Å². The molecule has 2 bridgehead atoms. The van der Waals surface area contributed by atoms with Crippen molar-refractivity contribution in [3.63, 3.8) is 0 Å². The highest BCUT2D eigenvalue weighted by Crippen LogP contribution is 2.57. The predicted molar refractivity (Wildman–Crippen MR) is 89.1 cm³/mol. The molecule has 1 aromatic rings. The van der Waals surface area contributed by atoms with Gasteiger partial charge in [0.2, 0.25) is 0 Å². The molecule has 3 rings (SSSR count). The third kappa shape index (κ3) is 2.76. The predicted octanol–water partition coefficient (Wildman–Crippen LogP) is 3.59. The van der Waals surface area contributed by atoms with Crippen LogP contribution in [0, 0.1) is 0 Å². The molecule has 0 radical (unpaired) electrons. The van der Waals surface area contributed by atoms with Gasteiger partial charge in [0, 0.05) is 6.42 Å². The van der Waals surface area contributed by atoms with Crippen molar-refractivity contribution in [2.75, 3.05) is 20.8 Å². The maximum absolute atomic E-state index is 12.9. The Hall–Kier alpha value is -2.04. The molecule has 0 aromatic heterocycles. The molecule has 2 atom stereocenters. The van der Waals surface area contributed by atoms with Crippen LogP contribution >= 0.6 is 0 Å². The van der Waals surface area contributed by atoms with E-state index < -0.39 is 0 Å². The number of ether oxygens (including phenoxy) is 3. The number of methoxy groups -OCH3 is 2. The lowest BCUT2D eigenvalue weighted by Gasteiger charge is -2.22. The van der Waals surface area contributed by atoms with Crippen LogP contribution in [0.5, 0.6) is 11.5 Å². The Labute approximate surface area is 142 Å². The summed E-state index contributed by atoms with van der Waals surface area (Å²) in [7, 11) is 3.14. The van der Waals surface area contributed by atoms with Gasteiger partial charge in [-0.05, 0) is 55.2 Å². The third-order valence-electron chi connectivity index (χ3n) is 5.16. The average molecular weight is 332 g/mol. The molecule has 0 spiro atoms. The van der Waals surface area contributed by atoms with Crippen LogP contribution in [0.2, 0.25) is 0 Å². The highest BCUT2D eigenvalue weighted by Gasteiger charge is 2.41. The maximum Gasteiger partial charge on any atom is 0.306 e. The molecular formula is C19H24O5. The number of esters is 1. The molecule has 2 aliphatic carbocycles. The second kappa shape index (κ2) is 6.83. The van der Waals surface area contributed by atoms with Gasteiger partial charge >= 0.3 is 5.97 Å². The molecule has 0 saturated heterocycles. The van der Waals surface area contributed by atoms with Crippen LogP contribution in [0.4, 0.5) is 0 Å². The number of hydrogen-bond donors (Lipinski definition) is 0. The van der Waals surface area contributed by atoms with Crippen LogP contribution in [-0.2, 0) is 9.53 Å². The summed E-state index contributed by atoms with van der Waals surface area (Å²) < 4.78 is 15.9. The highest BCUT2D eigenvalue weighted by molar-refractivity contribution is 6.03. The van der Waals surface area contributed by atoms with Crippen LogP contribution in [0.25, 0.3) is 0 Å². The molecule has 0 heterocycles. The van der Waals surface area contributed by atoms with Crippen LogP contribution in [0.3, 0.4) is 0 Å². The summed E-state index contributed by atoms with van der Waals surface area (Å²) in [6.07, 6.45) is 3.61. The van der Waals surface area contributed by atoms with Crippen molar-refractivity contribution in [1.82, 2.24) is 0 Å². The van der Waals surface area contributed by atoms with Crippen molar-refractivity contribution >= 4 is 11.8 Å². The van der Waals surface area contributed by atoms with Gasteiger partial charge in [-0.15, -0.1) is 0 Å². The second-order valence-corrected chi connectivity index (χ2v) is 6.43. The number of Topliss-reactive ketones (excluding diaryl/α,β-unsaturated/α-hetero) is 1. The van der Waals surface area contributed by atoms with Crippen molar-refractivity contribution in [3.05, 3.63) is 22.8 Å². The fourth-order valence-electron chi connectivity index (χ4n) is 4.18. The zero-order valence-corrected chi connectivity index (χ0v) is 14.5. The van der Waals surface area contributed by atoms with Crippen LogP contribution in [0.1, 0.15) is 72.3 Å². The minimum absolute atomic E-state index is 0.0670. The normalized spacial score (nSPS) is 20.6. The summed E-state index contributed by atoms with van der Waals surface area (Å²) in [5.41, 5.74) is 2.96. The Kier molecular flexibility index (Phi) is 4.78. The molecule has 5 nitrogen and oxygen atoms in total. The third-order valence-corrected chi connectivity index (χ3v) is 5.16. The zero-order valence-electron chi connectivity index (χ0n) is 14.5. The molecule has 2 unspecified atom stereocenters. The second-order valence-electron chi connectivity index (χ2n) is 6.43. The topological polar surface area (TPSA) is 61.8 Å². The number of hydrogen-bond acceptors (Lipinski definition) is 5. The van der Waals surface area contributed by atoms with Gasteiger partial charge in [-0.3, -0.25) is 9.59 Å². The summed E-state index contributed by atoms with van der Waals surface area (Å²) in [5, 5.41) is 0. The first-order chi connectivity index (χ1) is 11.6. The van der Waals surface area contributed by atoms with Gasteiger partial charge in [0.1, 0.15) is 0 Å². The molecule has 5 heteroatoms. The zero-order chi connectivity index (χ0) is 17.3. The van der Waals surface area contributed by atoms with Gasteiger partial charge in [0.05, 0.1) is 32.8 Å². The summed E-state index contributed by atoms with van der Waals surface area (Å²) in [4.78, 5) is 24.5. The fraction of sp³-hybridized carbons (Fsp3) is 0.579. The lowest BCUT2D eigenvalue weighted by Crippen LogP contribution is -2.14. The molecule has 1 saturated carbocycles. The van der Waals surface area contributed by atoms with E-state index in [2.05, 4.69) is 0 Å². The Morgan fingerprint density at radius 1 is 1.12 bits per heavy atom. The first-order valence-electron chi connectivity index (χ1n) is 8.58. The van der Waals surface area contributed by atoms with Gasteiger partial charge in [-0.1, -0.05) is 0 Å². The SMILES string of the molecule is CCOC(=O)CCC(=O)c1c(OC)c(OC)cc2c1C1CCC2C1. The lowest BCUT2D eigenvalue weighted by molar-refractivity contribution is -0.143. The number of carbonyl (C=O) groups excluding carboxylic acids is 2. The van der Waals surface area contributed by atoms with E-state index in [0.717, 1.165) is 18.4 Å². The first-order valence-corrected chi connectivity index (χ1v) is 8.58. The summed E-state index contributed by atoms with van der Waals surface area (Å²) in [6, 6.07) is 2.03. The fourth-order valence-corrected chi connectivity index (χ4v) is 4.18. The number of carbonyl (C=O) groups is 2. The number of fused-ring (bicyclic) bond motifs is 5. The molecule has 2 aliphatic rings. The average Bonchev–Trinajstić information content (AvgIpc) is 3.20. The molecule has 1 aromatic carbocycles. The molecule has 24 heavy (non-hydrogen) atoms. The smallest absolute Gasteiger partial charge is 0.306 e. The van der Waals surface area contributed by atoms with Crippen molar-refractivity contribution in [2.45, 2.75) is 50.9 Å². The van der Waals surface area contributed by atoms with E-state index in [1.807, 2.05) is 6.07 Å².